The largest absolute Gasteiger partial charge is 0.460 e. The van der Waals surface area contributed by atoms with E-state index in [1.165, 1.54) is 0 Å². The summed E-state index contributed by atoms with van der Waals surface area (Å²) in [6.45, 7) is 7.54. The molecule has 0 aliphatic rings. The van der Waals surface area contributed by atoms with Gasteiger partial charge in [0, 0.05) is 28.7 Å². The molecule has 0 bridgehead atoms. The van der Waals surface area contributed by atoms with Crippen molar-refractivity contribution in [2.75, 3.05) is 0 Å². The van der Waals surface area contributed by atoms with Crippen LogP contribution in [0.4, 0.5) is 0 Å². The molecule has 1 N–H and O–H groups in total. The molecule has 0 spiro atoms. The summed E-state index contributed by atoms with van der Waals surface area (Å²) in [7, 11) is 0. The number of hydrogen-bond acceptors (Lipinski definition) is 3. The van der Waals surface area contributed by atoms with Crippen LogP contribution >= 0.6 is 0 Å². The van der Waals surface area contributed by atoms with Crippen LogP contribution in [0.15, 0.2) is 65.1 Å². The lowest BCUT2D eigenvalue weighted by atomic mass is 9.95. The number of furan rings is 1. The molecule has 3 rings (SSSR count). The second kappa shape index (κ2) is 7.85. The van der Waals surface area contributed by atoms with Crippen molar-refractivity contribution in [1.82, 2.24) is 5.32 Å². The number of amides is 1. The molecule has 0 aliphatic heterocycles. The van der Waals surface area contributed by atoms with Gasteiger partial charge in [-0.25, -0.2) is 0 Å². The van der Waals surface area contributed by atoms with Crippen LogP contribution in [0.25, 0.3) is 11.3 Å². The highest BCUT2D eigenvalue weighted by molar-refractivity contribution is 6.03. The maximum absolute atomic E-state index is 13.0. The highest BCUT2D eigenvalue weighted by atomic mass is 16.3. The quantitative estimate of drug-likeness (QED) is 0.623. The molecule has 28 heavy (non-hydrogen) atoms. The van der Waals surface area contributed by atoms with E-state index in [9.17, 15) is 9.59 Å². The van der Waals surface area contributed by atoms with Gasteiger partial charge < -0.3 is 9.73 Å². The van der Waals surface area contributed by atoms with Crippen LogP contribution in [0.3, 0.4) is 0 Å². The van der Waals surface area contributed by atoms with Gasteiger partial charge in [0.25, 0.3) is 5.91 Å². The zero-order chi connectivity index (χ0) is 20.3. The lowest BCUT2D eigenvalue weighted by Crippen LogP contribution is -2.41. The van der Waals surface area contributed by atoms with Gasteiger partial charge in [-0.15, -0.1) is 0 Å². The monoisotopic (exact) mass is 375 g/mol. The predicted molar refractivity (Wildman–Crippen MR) is 111 cm³/mol. The van der Waals surface area contributed by atoms with Gasteiger partial charge in [0.1, 0.15) is 11.5 Å². The molecule has 0 aliphatic carbocycles. The van der Waals surface area contributed by atoms with Crippen molar-refractivity contribution < 1.29 is 14.0 Å². The molecule has 3 aromatic rings. The highest BCUT2D eigenvalue weighted by Crippen LogP contribution is 2.33. The number of aryl methyl sites for hydroxylation is 1. The SMILES string of the molecule is Cc1oc(-c2ccccc2)c(CC(=O)c2ccccc2)c1C(=O)NC(C)(C)C. The minimum absolute atomic E-state index is 0.0524. The minimum Gasteiger partial charge on any atom is -0.460 e. The third-order valence-electron chi connectivity index (χ3n) is 4.37. The molecular weight excluding hydrogens is 350 g/mol. The molecule has 1 heterocycles. The van der Waals surface area contributed by atoms with Crippen LogP contribution in [0, 0.1) is 6.92 Å². The van der Waals surface area contributed by atoms with Crippen molar-refractivity contribution in [3.05, 3.63) is 83.1 Å². The lowest BCUT2D eigenvalue weighted by Gasteiger charge is -2.20. The molecule has 4 heteroatoms. The standard InChI is InChI=1S/C24H25NO3/c1-16-21(23(27)25-24(2,3)4)19(15-20(26)17-11-7-5-8-12-17)22(28-16)18-13-9-6-10-14-18/h5-14H,15H2,1-4H3,(H,25,27). The molecule has 0 saturated carbocycles. The summed E-state index contributed by atoms with van der Waals surface area (Å²) in [5, 5.41) is 2.98. The average Bonchev–Trinajstić information content (AvgIpc) is 2.98. The molecule has 0 atom stereocenters. The van der Waals surface area contributed by atoms with E-state index < -0.39 is 5.54 Å². The number of carbonyl (C=O) groups excluding carboxylic acids is 2. The van der Waals surface area contributed by atoms with E-state index in [1.54, 1.807) is 19.1 Å². The minimum atomic E-state index is -0.394. The first-order valence-corrected chi connectivity index (χ1v) is 9.34. The van der Waals surface area contributed by atoms with Gasteiger partial charge in [-0.1, -0.05) is 60.7 Å². The van der Waals surface area contributed by atoms with Crippen LogP contribution in [0.5, 0.6) is 0 Å². The molecule has 1 amide bonds. The smallest absolute Gasteiger partial charge is 0.255 e. The van der Waals surface area contributed by atoms with Crippen molar-refractivity contribution in [3.63, 3.8) is 0 Å². The summed E-state index contributed by atoms with van der Waals surface area (Å²) < 4.78 is 5.99. The Morgan fingerprint density at radius 2 is 1.50 bits per heavy atom. The van der Waals surface area contributed by atoms with E-state index in [4.69, 9.17) is 4.42 Å². The van der Waals surface area contributed by atoms with Crippen LogP contribution in [0.2, 0.25) is 0 Å². The van der Waals surface area contributed by atoms with E-state index in [0.29, 0.717) is 28.2 Å². The Bertz CT molecular complexity index is 980. The zero-order valence-electron chi connectivity index (χ0n) is 16.7. The van der Waals surface area contributed by atoms with Gasteiger partial charge in [-0.3, -0.25) is 9.59 Å². The molecule has 4 nitrogen and oxygen atoms in total. The number of benzene rings is 2. The van der Waals surface area contributed by atoms with Crippen LogP contribution in [-0.2, 0) is 6.42 Å². The summed E-state index contributed by atoms with van der Waals surface area (Å²) in [6.07, 6.45) is 0.0957. The predicted octanol–water partition coefficient (Wildman–Crippen LogP) is 5.21. The Kier molecular flexibility index (Phi) is 5.50. The Balaban J connectivity index is 2.08. The van der Waals surface area contributed by atoms with Crippen LogP contribution in [-0.4, -0.2) is 17.2 Å². The Morgan fingerprint density at radius 3 is 2.07 bits per heavy atom. The second-order valence-electron chi connectivity index (χ2n) is 7.88. The molecule has 0 saturated heterocycles. The number of hydrogen-bond donors (Lipinski definition) is 1. The van der Waals surface area contributed by atoms with E-state index in [-0.39, 0.29) is 18.1 Å². The Morgan fingerprint density at radius 1 is 0.929 bits per heavy atom. The van der Waals surface area contributed by atoms with Gasteiger partial charge in [-0.05, 0) is 27.7 Å². The summed E-state index contributed by atoms with van der Waals surface area (Å²) in [5.41, 5.74) is 2.13. The molecular formula is C24H25NO3. The maximum Gasteiger partial charge on any atom is 0.255 e. The fourth-order valence-corrected chi connectivity index (χ4v) is 3.17. The summed E-state index contributed by atoms with van der Waals surface area (Å²) in [6, 6.07) is 18.7. The molecule has 0 unspecified atom stereocenters. The zero-order valence-corrected chi connectivity index (χ0v) is 16.7. The van der Waals surface area contributed by atoms with E-state index in [2.05, 4.69) is 5.32 Å². The van der Waals surface area contributed by atoms with E-state index in [0.717, 1.165) is 5.56 Å². The number of carbonyl (C=O) groups is 2. The molecule has 0 fully saturated rings. The van der Waals surface area contributed by atoms with Crippen LogP contribution in [0.1, 0.15) is 52.8 Å². The third-order valence-corrected chi connectivity index (χ3v) is 4.37. The van der Waals surface area contributed by atoms with E-state index >= 15 is 0 Å². The van der Waals surface area contributed by atoms with Gasteiger partial charge in [0.15, 0.2) is 5.78 Å². The molecule has 1 aromatic heterocycles. The molecule has 2 aromatic carbocycles. The average molecular weight is 375 g/mol. The number of Topliss-reactive ketones (excluding diaryl/α,β-unsaturated/α-hetero) is 1. The van der Waals surface area contributed by atoms with Crippen molar-refractivity contribution >= 4 is 11.7 Å². The normalized spacial score (nSPS) is 11.3. The highest BCUT2D eigenvalue weighted by Gasteiger charge is 2.28. The third kappa shape index (κ3) is 4.39. The van der Waals surface area contributed by atoms with Gasteiger partial charge in [-0.2, -0.15) is 0 Å². The van der Waals surface area contributed by atoms with Gasteiger partial charge in [0.05, 0.1) is 5.56 Å². The van der Waals surface area contributed by atoms with E-state index in [1.807, 2.05) is 69.3 Å². The lowest BCUT2D eigenvalue weighted by molar-refractivity contribution is 0.0917. The van der Waals surface area contributed by atoms with Crippen molar-refractivity contribution in [2.24, 2.45) is 0 Å². The van der Waals surface area contributed by atoms with Crippen molar-refractivity contribution in [1.29, 1.82) is 0 Å². The number of nitrogens with one attached hydrogen (secondary N) is 1. The van der Waals surface area contributed by atoms with Crippen LogP contribution < -0.4 is 5.32 Å². The first-order valence-electron chi connectivity index (χ1n) is 9.34. The summed E-state index contributed by atoms with van der Waals surface area (Å²) in [4.78, 5) is 25.9. The van der Waals surface area contributed by atoms with Crippen molar-refractivity contribution in [2.45, 2.75) is 39.7 Å². The summed E-state index contributed by atoms with van der Waals surface area (Å²) in [5.74, 6) is 0.799. The number of rotatable bonds is 5. The Hall–Kier alpha value is -3.14. The first-order chi connectivity index (χ1) is 13.3. The maximum atomic E-state index is 13.0. The second-order valence-corrected chi connectivity index (χ2v) is 7.88. The summed E-state index contributed by atoms with van der Waals surface area (Å²) >= 11 is 0. The topological polar surface area (TPSA) is 59.3 Å². The fraction of sp³-hybridized carbons (Fsp3) is 0.250. The molecule has 0 radical (unpaired) electrons. The van der Waals surface area contributed by atoms with Gasteiger partial charge in [0.2, 0.25) is 0 Å². The van der Waals surface area contributed by atoms with Crippen molar-refractivity contribution in [3.8, 4) is 11.3 Å². The first kappa shape index (κ1) is 19.6. The molecule has 144 valence electrons. The van der Waals surface area contributed by atoms with Gasteiger partial charge >= 0.3 is 0 Å². The Labute approximate surface area is 165 Å². The fourth-order valence-electron chi connectivity index (χ4n) is 3.17. The number of ketones is 1.